The monoisotopic (exact) mass is 523 g/mol. The van der Waals surface area contributed by atoms with Crippen LogP contribution >= 0.6 is 11.3 Å². The number of anilines is 1. The molecule has 2 heterocycles. The van der Waals surface area contributed by atoms with Crippen molar-refractivity contribution in [3.05, 3.63) is 59.5 Å². The highest BCUT2D eigenvalue weighted by Gasteiger charge is 2.28. The third-order valence-corrected chi connectivity index (χ3v) is 6.69. The summed E-state index contributed by atoms with van der Waals surface area (Å²) >= 11 is 1.31. The number of esters is 1. The van der Waals surface area contributed by atoms with E-state index in [1.807, 2.05) is 75.4 Å². The molecule has 1 aromatic heterocycles. The molecule has 1 amide bonds. The summed E-state index contributed by atoms with van der Waals surface area (Å²) in [5.41, 5.74) is 0.817. The fraction of sp³-hybridized carbons (Fsp3) is 0.393. The maximum absolute atomic E-state index is 12.8. The minimum atomic E-state index is -0.557. The van der Waals surface area contributed by atoms with Gasteiger partial charge in [-0.2, -0.15) is 0 Å². The molecule has 196 valence electrons. The molecule has 1 aliphatic heterocycles. The van der Waals surface area contributed by atoms with E-state index in [2.05, 4.69) is 10.2 Å². The lowest BCUT2D eigenvalue weighted by atomic mass is 10.1. The van der Waals surface area contributed by atoms with Crippen molar-refractivity contribution in [2.24, 2.45) is 0 Å². The SMILES string of the molecule is CCOC(=O)c1sc(N2CCC[C@@H](NC(=O)OC(C)(C)C)C2)nc1-c1ccc(Oc2ccccc2)cc1. The third-order valence-electron chi connectivity index (χ3n) is 5.60. The molecule has 1 saturated heterocycles. The fourth-order valence-electron chi connectivity index (χ4n) is 4.02. The molecule has 0 radical (unpaired) electrons. The van der Waals surface area contributed by atoms with Gasteiger partial charge < -0.3 is 24.4 Å². The first-order valence-corrected chi connectivity index (χ1v) is 13.3. The summed E-state index contributed by atoms with van der Waals surface area (Å²) in [6.45, 7) is 8.95. The standard InChI is InChI=1S/C28H33N3O5S/c1-5-34-25(32)24-23(19-13-15-22(16-14-19)35-21-11-7-6-8-12-21)30-26(37-24)31-17-9-10-20(18-31)29-27(33)36-28(2,3)4/h6-8,11-16,20H,5,9-10,17-18H2,1-4H3,(H,29,33)/t20-/m1/s1. The van der Waals surface area contributed by atoms with E-state index in [0.29, 0.717) is 22.9 Å². The topological polar surface area (TPSA) is 90.0 Å². The average Bonchev–Trinajstić information content (AvgIpc) is 3.30. The van der Waals surface area contributed by atoms with Crippen LogP contribution < -0.4 is 15.0 Å². The maximum Gasteiger partial charge on any atom is 0.407 e. The first kappa shape index (κ1) is 26.5. The quantitative estimate of drug-likeness (QED) is 0.365. The predicted molar refractivity (Wildman–Crippen MR) is 145 cm³/mol. The average molecular weight is 524 g/mol. The minimum absolute atomic E-state index is 0.0728. The van der Waals surface area contributed by atoms with E-state index in [4.69, 9.17) is 19.2 Å². The van der Waals surface area contributed by atoms with Gasteiger partial charge in [-0.3, -0.25) is 0 Å². The van der Waals surface area contributed by atoms with Gasteiger partial charge in [0.15, 0.2) is 5.13 Å². The van der Waals surface area contributed by atoms with Gasteiger partial charge in [0.25, 0.3) is 0 Å². The van der Waals surface area contributed by atoms with Crippen LogP contribution in [0.3, 0.4) is 0 Å². The van der Waals surface area contributed by atoms with E-state index in [9.17, 15) is 9.59 Å². The molecule has 9 heteroatoms. The summed E-state index contributed by atoms with van der Waals surface area (Å²) < 4.78 is 16.6. The molecule has 1 fully saturated rings. The second-order valence-electron chi connectivity index (χ2n) is 9.77. The number of para-hydroxylation sites is 1. The lowest BCUT2D eigenvalue weighted by Gasteiger charge is -2.33. The van der Waals surface area contributed by atoms with Gasteiger partial charge in [0.2, 0.25) is 0 Å². The smallest absolute Gasteiger partial charge is 0.407 e. The van der Waals surface area contributed by atoms with Gasteiger partial charge in [-0.15, -0.1) is 0 Å². The van der Waals surface area contributed by atoms with Gasteiger partial charge in [0.1, 0.15) is 22.0 Å². The molecule has 1 N–H and O–H groups in total. The van der Waals surface area contributed by atoms with Gasteiger partial charge in [0, 0.05) is 24.7 Å². The van der Waals surface area contributed by atoms with Crippen LogP contribution in [-0.2, 0) is 9.47 Å². The Hall–Kier alpha value is -3.59. The van der Waals surface area contributed by atoms with Crippen LogP contribution in [0, 0.1) is 0 Å². The zero-order valence-corrected chi connectivity index (χ0v) is 22.5. The van der Waals surface area contributed by atoms with Gasteiger partial charge in [-0.1, -0.05) is 29.5 Å². The first-order chi connectivity index (χ1) is 17.7. The number of hydrogen-bond donors (Lipinski definition) is 1. The van der Waals surface area contributed by atoms with Crippen LogP contribution in [0.5, 0.6) is 11.5 Å². The molecular formula is C28H33N3O5S. The van der Waals surface area contributed by atoms with Gasteiger partial charge in [-0.05, 0) is 76.9 Å². The molecule has 8 nitrogen and oxygen atoms in total. The number of alkyl carbamates (subject to hydrolysis) is 1. The van der Waals surface area contributed by atoms with E-state index in [1.54, 1.807) is 6.92 Å². The Morgan fingerprint density at radius 3 is 2.46 bits per heavy atom. The number of carbonyl (C=O) groups is 2. The summed E-state index contributed by atoms with van der Waals surface area (Å²) in [6, 6.07) is 17.0. The van der Waals surface area contributed by atoms with Crippen molar-refractivity contribution in [2.75, 3.05) is 24.6 Å². The lowest BCUT2D eigenvalue weighted by molar-refractivity contribution is 0.0496. The largest absolute Gasteiger partial charge is 0.462 e. The highest BCUT2D eigenvalue weighted by Crippen LogP contribution is 2.36. The van der Waals surface area contributed by atoms with Crippen molar-refractivity contribution in [2.45, 2.75) is 52.2 Å². The maximum atomic E-state index is 12.8. The van der Waals surface area contributed by atoms with Crippen LogP contribution in [-0.4, -0.2) is 48.4 Å². The number of rotatable bonds is 7. The summed E-state index contributed by atoms with van der Waals surface area (Å²) in [5, 5.41) is 3.69. The normalized spacial score (nSPS) is 15.7. The Morgan fingerprint density at radius 1 is 1.08 bits per heavy atom. The van der Waals surface area contributed by atoms with Crippen molar-refractivity contribution in [3.63, 3.8) is 0 Å². The highest BCUT2D eigenvalue weighted by atomic mass is 32.1. The number of carbonyl (C=O) groups excluding carboxylic acids is 2. The van der Waals surface area contributed by atoms with E-state index < -0.39 is 17.7 Å². The second-order valence-corrected chi connectivity index (χ2v) is 10.7. The molecule has 0 spiro atoms. The molecule has 0 saturated carbocycles. The van der Waals surface area contributed by atoms with Crippen molar-refractivity contribution >= 4 is 28.5 Å². The number of aromatic nitrogens is 1. The summed E-state index contributed by atoms with van der Waals surface area (Å²) in [5.74, 6) is 1.04. The van der Waals surface area contributed by atoms with E-state index in [1.165, 1.54) is 11.3 Å². The molecule has 4 rings (SSSR count). The van der Waals surface area contributed by atoms with E-state index in [-0.39, 0.29) is 12.6 Å². The minimum Gasteiger partial charge on any atom is -0.462 e. The summed E-state index contributed by atoms with van der Waals surface area (Å²) in [7, 11) is 0. The number of hydrogen-bond acceptors (Lipinski definition) is 8. The molecule has 37 heavy (non-hydrogen) atoms. The highest BCUT2D eigenvalue weighted by molar-refractivity contribution is 7.17. The molecule has 0 bridgehead atoms. The van der Waals surface area contributed by atoms with Gasteiger partial charge in [0.05, 0.1) is 12.3 Å². The molecule has 1 aliphatic rings. The van der Waals surface area contributed by atoms with Crippen molar-refractivity contribution in [1.29, 1.82) is 0 Å². The van der Waals surface area contributed by atoms with Crippen LogP contribution in [0.15, 0.2) is 54.6 Å². The predicted octanol–water partition coefficient (Wildman–Crippen LogP) is 6.27. The third kappa shape index (κ3) is 7.22. The zero-order valence-electron chi connectivity index (χ0n) is 21.7. The Bertz CT molecular complexity index is 1200. The number of nitrogens with one attached hydrogen (secondary N) is 1. The Balaban J connectivity index is 1.53. The Morgan fingerprint density at radius 2 is 1.78 bits per heavy atom. The number of piperidine rings is 1. The fourth-order valence-corrected chi connectivity index (χ4v) is 5.04. The molecule has 0 unspecified atom stereocenters. The van der Waals surface area contributed by atoms with Crippen molar-refractivity contribution in [3.8, 4) is 22.8 Å². The Kier molecular flexibility index (Phi) is 8.33. The number of benzene rings is 2. The number of thiazole rings is 1. The van der Waals surface area contributed by atoms with Gasteiger partial charge >= 0.3 is 12.1 Å². The Labute approximate surface area is 221 Å². The van der Waals surface area contributed by atoms with Crippen LogP contribution in [0.4, 0.5) is 9.93 Å². The molecule has 2 aromatic carbocycles. The van der Waals surface area contributed by atoms with Crippen LogP contribution in [0.1, 0.15) is 50.2 Å². The molecular weight excluding hydrogens is 490 g/mol. The zero-order chi connectivity index (χ0) is 26.4. The number of nitrogens with zero attached hydrogens (tertiary/aromatic N) is 2. The molecule has 1 atom stereocenters. The molecule has 3 aromatic rings. The van der Waals surface area contributed by atoms with Crippen molar-refractivity contribution < 1.29 is 23.8 Å². The van der Waals surface area contributed by atoms with Gasteiger partial charge in [-0.25, -0.2) is 14.6 Å². The van der Waals surface area contributed by atoms with E-state index >= 15 is 0 Å². The number of amides is 1. The lowest BCUT2D eigenvalue weighted by Crippen LogP contribution is -2.49. The summed E-state index contributed by atoms with van der Waals surface area (Å²) in [4.78, 5) is 32.5. The number of ether oxygens (including phenoxy) is 3. The summed E-state index contributed by atoms with van der Waals surface area (Å²) in [6.07, 6.45) is 1.31. The first-order valence-electron chi connectivity index (χ1n) is 12.5. The van der Waals surface area contributed by atoms with Crippen LogP contribution in [0.25, 0.3) is 11.3 Å². The van der Waals surface area contributed by atoms with Crippen LogP contribution in [0.2, 0.25) is 0 Å². The van der Waals surface area contributed by atoms with E-state index in [0.717, 1.165) is 35.8 Å². The van der Waals surface area contributed by atoms with Crippen molar-refractivity contribution in [1.82, 2.24) is 10.3 Å². The molecule has 0 aliphatic carbocycles. The second kappa shape index (κ2) is 11.6.